The van der Waals surface area contributed by atoms with Gasteiger partial charge in [0, 0.05) is 10.0 Å². The van der Waals surface area contributed by atoms with Crippen molar-refractivity contribution in [2.24, 2.45) is 0 Å². The van der Waals surface area contributed by atoms with E-state index >= 15 is 0 Å². The molecule has 112 valence electrons. The molecule has 0 unspecified atom stereocenters. The molecule has 7 heteroatoms. The first kappa shape index (κ1) is 15.8. The van der Waals surface area contributed by atoms with Crippen LogP contribution in [-0.2, 0) is 15.6 Å². The molecule has 0 amide bonds. The number of ether oxygens (including phenoxy) is 1. The molecule has 0 aliphatic heterocycles. The third kappa shape index (κ3) is 3.54. The Morgan fingerprint density at radius 1 is 1.24 bits per heavy atom. The average molecular weight is 374 g/mol. The Balaban J connectivity index is 2.44. The lowest BCUT2D eigenvalue weighted by molar-refractivity contribution is 0.411. The van der Waals surface area contributed by atoms with E-state index in [0.29, 0.717) is 11.3 Å². The zero-order valence-corrected chi connectivity index (χ0v) is 13.5. The van der Waals surface area contributed by atoms with Crippen LogP contribution in [0, 0.1) is 5.82 Å². The fourth-order valence-electron chi connectivity index (χ4n) is 1.94. The number of hydrogen-bond donors (Lipinski definition) is 1. The molecule has 0 radical (unpaired) electrons. The standard InChI is InChI=1S/C14H13BrFNO3S/c1-20-13-4-2-10(15)6-9(13)8-21(18,19)14-5-3-11(16)7-12(14)17/h2-7H,8,17H2,1H3. The number of nitrogen functional groups attached to an aromatic ring is 1. The molecular formula is C14H13BrFNO3S. The number of nitrogens with two attached hydrogens (primary N) is 1. The van der Waals surface area contributed by atoms with Gasteiger partial charge in [-0.25, -0.2) is 12.8 Å². The van der Waals surface area contributed by atoms with Crippen LogP contribution in [0.4, 0.5) is 10.1 Å². The van der Waals surface area contributed by atoms with Crippen molar-refractivity contribution < 1.29 is 17.5 Å². The van der Waals surface area contributed by atoms with Crippen LogP contribution in [0.25, 0.3) is 0 Å². The van der Waals surface area contributed by atoms with Gasteiger partial charge in [0.05, 0.1) is 23.4 Å². The minimum Gasteiger partial charge on any atom is -0.496 e. The maximum atomic E-state index is 13.0. The molecule has 2 rings (SSSR count). The number of methoxy groups -OCH3 is 1. The molecule has 2 aromatic carbocycles. The summed E-state index contributed by atoms with van der Waals surface area (Å²) < 4.78 is 43.8. The largest absolute Gasteiger partial charge is 0.496 e. The Kier molecular flexibility index (Phi) is 4.53. The molecule has 0 aliphatic carbocycles. The second-order valence-corrected chi connectivity index (χ2v) is 7.27. The highest BCUT2D eigenvalue weighted by molar-refractivity contribution is 9.10. The lowest BCUT2D eigenvalue weighted by atomic mass is 10.2. The lowest BCUT2D eigenvalue weighted by Gasteiger charge is -2.11. The van der Waals surface area contributed by atoms with E-state index in [2.05, 4.69) is 15.9 Å². The Morgan fingerprint density at radius 2 is 1.95 bits per heavy atom. The number of sulfone groups is 1. The van der Waals surface area contributed by atoms with Crippen LogP contribution in [0.3, 0.4) is 0 Å². The zero-order valence-electron chi connectivity index (χ0n) is 11.1. The van der Waals surface area contributed by atoms with Gasteiger partial charge in [-0.1, -0.05) is 15.9 Å². The number of anilines is 1. The van der Waals surface area contributed by atoms with E-state index in [9.17, 15) is 12.8 Å². The van der Waals surface area contributed by atoms with E-state index in [4.69, 9.17) is 10.5 Å². The van der Waals surface area contributed by atoms with E-state index in [1.54, 1.807) is 18.2 Å². The van der Waals surface area contributed by atoms with Crippen LogP contribution in [0.2, 0.25) is 0 Å². The summed E-state index contributed by atoms with van der Waals surface area (Å²) in [4.78, 5) is -0.0917. The maximum Gasteiger partial charge on any atom is 0.184 e. The van der Waals surface area contributed by atoms with Crippen LogP contribution in [0.15, 0.2) is 45.8 Å². The maximum absolute atomic E-state index is 13.0. The van der Waals surface area contributed by atoms with Crippen LogP contribution in [0.5, 0.6) is 5.75 Å². The zero-order chi connectivity index (χ0) is 15.6. The third-order valence-corrected chi connectivity index (χ3v) is 5.12. The first-order valence-corrected chi connectivity index (χ1v) is 8.38. The van der Waals surface area contributed by atoms with Gasteiger partial charge in [-0.3, -0.25) is 0 Å². The summed E-state index contributed by atoms with van der Waals surface area (Å²) in [5.41, 5.74) is 5.99. The molecular weight excluding hydrogens is 361 g/mol. The van der Waals surface area contributed by atoms with Crippen molar-refractivity contribution in [3.63, 3.8) is 0 Å². The second-order valence-electron chi connectivity index (χ2n) is 4.40. The van der Waals surface area contributed by atoms with Gasteiger partial charge in [-0.15, -0.1) is 0 Å². The molecule has 0 fully saturated rings. The lowest BCUT2D eigenvalue weighted by Crippen LogP contribution is -2.09. The van der Waals surface area contributed by atoms with E-state index < -0.39 is 15.7 Å². The average Bonchev–Trinajstić information content (AvgIpc) is 2.37. The normalized spacial score (nSPS) is 11.4. The smallest absolute Gasteiger partial charge is 0.184 e. The van der Waals surface area contributed by atoms with Crippen LogP contribution >= 0.6 is 15.9 Å². The Hall–Kier alpha value is -1.60. The first-order chi connectivity index (χ1) is 9.83. The molecule has 21 heavy (non-hydrogen) atoms. The highest BCUT2D eigenvalue weighted by Gasteiger charge is 2.21. The van der Waals surface area contributed by atoms with Crippen molar-refractivity contribution in [2.45, 2.75) is 10.6 Å². The molecule has 0 aromatic heterocycles. The van der Waals surface area contributed by atoms with Gasteiger partial charge >= 0.3 is 0 Å². The topological polar surface area (TPSA) is 69.4 Å². The molecule has 0 bridgehead atoms. The quantitative estimate of drug-likeness (QED) is 0.660. The Bertz CT molecular complexity index is 778. The van der Waals surface area contributed by atoms with Gasteiger partial charge in [0.25, 0.3) is 0 Å². The van der Waals surface area contributed by atoms with Crippen molar-refractivity contribution in [2.75, 3.05) is 12.8 Å². The van der Waals surface area contributed by atoms with E-state index in [0.717, 1.165) is 16.6 Å². The highest BCUT2D eigenvalue weighted by atomic mass is 79.9. The fourth-order valence-corrected chi connectivity index (χ4v) is 3.84. The molecule has 0 spiro atoms. The van der Waals surface area contributed by atoms with Gasteiger partial charge in [0.15, 0.2) is 9.84 Å². The van der Waals surface area contributed by atoms with Crippen molar-refractivity contribution >= 4 is 31.5 Å². The Labute approximate surface area is 130 Å². The molecule has 2 aromatic rings. The predicted molar refractivity (Wildman–Crippen MR) is 82.4 cm³/mol. The number of halogens is 2. The van der Waals surface area contributed by atoms with Crippen LogP contribution in [0.1, 0.15) is 5.56 Å². The summed E-state index contributed by atoms with van der Waals surface area (Å²) in [5.74, 6) is -0.403. The van der Waals surface area contributed by atoms with E-state index in [1.807, 2.05) is 0 Å². The number of rotatable bonds is 4. The second kappa shape index (κ2) is 6.03. The van der Waals surface area contributed by atoms with Crippen LogP contribution < -0.4 is 10.5 Å². The molecule has 0 atom stereocenters. The van der Waals surface area contributed by atoms with Gasteiger partial charge < -0.3 is 10.5 Å². The van der Waals surface area contributed by atoms with Crippen molar-refractivity contribution in [3.8, 4) is 5.75 Å². The van der Waals surface area contributed by atoms with Gasteiger partial charge in [0.1, 0.15) is 11.6 Å². The summed E-state index contributed by atoms with van der Waals surface area (Å²) in [6.07, 6.45) is 0. The van der Waals surface area contributed by atoms with Gasteiger partial charge in [0.2, 0.25) is 0 Å². The van der Waals surface area contributed by atoms with Gasteiger partial charge in [-0.05, 0) is 36.4 Å². The first-order valence-electron chi connectivity index (χ1n) is 5.93. The minimum absolute atomic E-state index is 0.0917. The molecule has 0 heterocycles. The van der Waals surface area contributed by atoms with Crippen molar-refractivity contribution in [3.05, 3.63) is 52.3 Å². The summed E-state index contributed by atoms with van der Waals surface area (Å²) in [6, 6.07) is 8.32. The molecule has 0 aliphatic rings. The van der Waals surface area contributed by atoms with Crippen molar-refractivity contribution in [1.29, 1.82) is 0 Å². The molecule has 0 saturated heterocycles. The van der Waals surface area contributed by atoms with E-state index in [-0.39, 0.29) is 16.3 Å². The monoisotopic (exact) mass is 373 g/mol. The highest BCUT2D eigenvalue weighted by Crippen LogP contribution is 2.29. The predicted octanol–water partition coefficient (Wildman–Crippen LogP) is 3.15. The summed E-state index contributed by atoms with van der Waals surface area (Å²) >= 11 is 3.29. The number of hydrogen-bond acceptors (Lipinski definition) is 4. The molecule has 0 saturated carbocycles. The molecule has 2 N–H and O–H groups in total. The fraction of sp³-hybridized carbons (Fsp3) is 0.143. The summed E-state index contributed by atoms with van der Waals surface area (Å²) in [7, 11) is -2.24. The summed E-state index contributed by atoms with van der Waals surface area (Å²) in [6.45, 7) is 0. The van der Waals surface area contributed by atoms with Gasteiger partial charge in [-0.2, -0.15) is 0 Å². The van der Waals surface area contributed by atoms with Crippen LogP contribution in [-0.4, -0.2) is 15.5 Å². The third-order valence-electron chi connectivity index (χ3n) is 2.89. The SMILES string of the molecule is COc1ccc(Br)cc1CS(=O)(=O)c1ccc(F)cc1N. The summed E-state index contributed by atoms with van der Waals surface area (Å²) in [5, 5.41) is 0. The van der Waals surface area contributed by atoms with E-state index in [1.165, 1.54) is 13.2 Å². The van der Waals surface area contributed by atoms with Crippen molar-refractivity contribution in [1.82, 2.24) is 0 Å². The minimum atomic E-state index is -3.70. The number of benzene rings is 2. The molecule has 4 nitrogen and oxygen atoms in total. The Morgan fingerprint density at radius 3 is 2.57 bits per heavy atom.